The Morgan fingerprint density at radius 2 is 1.59 bits per heavy atom. The number of sulfonamides is 1. The van der Waals surface area contributed by atoms with Crippen molar-refractivity contribution in [3.8, 4) is 0 Å². The average Bonchev–Trinajstić information content (AvgIpc) is 3.06. The van der Waals surface area contributed by atoms with Gasteiger partial charge < -0.3 is 5.11 Å². The van der Waals surface area contributed by atoms with E-state index in [1.54, 1.807) is 6.07 Å². The van der Waals surface area contributed by atoms with Crippen LogP contribution in [0.5, 0.6) is 0 Å². The summed E-state index contributed by atoms with van der Waals surface area (Å²) in [5.74, 6) is -1.16. The number of aliphatic carboxylic acids is 1. The highest BCUT2D eigenvalue weighted by molar-refractivity contribution is 7.89. The van der Waals surface area contributed by atoms with E-state index in [0.717, 1.165) is 6.08 Å². The fraction of sp³-hybridized carbons (Fsp3) is 0.250. The molecular weight excluding hydrogens is 464 g/mol. The van der Waals surface area contributed by atoms with Gasteiger partial charge in [0, 0.05) is 12.1 Å². The second kappa shape index (κ2) is 8.24. The van der Waals surface area contributed by atoms with Crippen molar-refractivity contribution >= 4 is 22.1 Å². The van der Waals surface area contributed by atoms with Crippen LogP contribution in [0.1, 0.15) is 40.3 Å². The first kappa shape index (κ1) is 23.8. The number of nitrogens with one attached hydrogen (secondary N) is 1. The van der Waals surface area contributed by atoms with Crippen LogP contribution < -0.4 is 4.72 Å². The molecule has 2 aromatic rings. The third-order valence-corrected chi connectivity index (χ3v) is 6.28. The van der Waals surface area contributed by atoms with Gasteiger partial charge in [-0.1, -0.05) is 18.2 Å². The Balaban J connectivity index is 1.94. The van der Waals surface area contributed by atoms with Crippen molar-refractivity contribution in [2.24, 2.45) is 0 Å². The first-order chi connectivity index (χ1) is 14.7. The van der Waals surface area contributed by atoms with E-state index in [1.165, 1.54) is 18.2 Å². The Hall–Kier alpha value is -2.86. The Morgan fingerprint density at radius 1 is 1.00 bits per heavy atom. The zero-order valence-electron chi connectivity index (χ0n) is 16.0. The quantitative estimate of drug-likeness (QED) is 0.477. The molecule has 2 aromatic carbocycles. The highest BCUT2D eigenvalue weighted by Crippen LogP contribution is 2.38. The molecule has 1 aliphatic carbocycles. The van der Waals surface area contributed by atoms with Crippen molar-refractivity contribution < 1.29 is 44.7 Å². The number of carboxylic acids is 1. The summed E-state index contributed by atoms with van der Waals surface area (Å²) in [6.45, 7) is 0. The Morgan fingerprint density at radius 3 is 2.12 bits per heavy atom. The van der Waals surface area contributed by atoms with Gasteiger partial charge in [0.1, 0.15) is 0 Å². The number of carbonyl (C=O) groups is 1. The van der Waals surface area contributed by atoms with Gasteiger partial charge in [0.25, 0.3) is 0 Å². The van der Waals surface area contributed by atoms with Crippen molar-refractivity contribution in [1.29, 1.82) is 0 Å². The fourth-order valence-electron chi connectivity index (χ4n) is 3.37. The molecule has 0 aromatic heterocycles. The van der Waals surface area contributed by atoms with Crippen LogP contribution in [0.4, 0.5) is 26.3 Å². The lowest BCUT2D eigenvalue weighted by Crippen LogP contribution is -2.28. The van der Waals surface area contributed by atoms with E-state index in [9.17, 15) is 39.6 Å². The van der Waals surface area contributed by atoms with Gasteiger partial charge in [0.2, 0.25) is 10.0 Å². The molecule has 5 nitrogen and oxygen atoms in total. The number of hydrogen-bond acceptors (Lipinski definition) is 3. The molecule has 0 radical (unpaired) electrons. The molecule has 0 amide bonds. The largest absolute Gasteiger partial charge is 0.478 e. The van der Waals surface area contributed by atoms with Crippen LogP contribution in [0, 0.1) is 0 Å². The van der Waals surface area contributed by atoms with Gasteiger partial charge in [-0.05, 0) is 53.8 Å². The van der Waals surface area contributed by atoms with Gasteiger partial charge in [-0.2, -0.15) is 26.3 Å². The second-order valence-corrected chi connectivity index (χ2v) is 8.80. The normalized spacial score (nSPS) is 17.0. The van der Waals surface area contributed by atoms with E-state index >= 15 is 0 Å². The molecule has 1 atom stereocenters. The van der Waals surface area contributed by atoms with Crippen molar-refractivity contribution in [1.82, 2.24) is 4.72 Å². The van der Waals surface area contributed by atoms with E-state index in [0.29, 0.717) is 23.1 Å². The van der Waals surface area contributed by atoms with Crippen LogP contribution in [-0.4, -0.2) is 19.5 Å². The van der Waals surface area contributed by atoms with Gasteiger partial charge >= 0.3 is 18.3 Å². The van der Waals surface area contributed by atoms with E-state index in [2.05, 4.69) is 4.72 Å². The Kier molecular flexibility index (Phi) is 6.13. The van der Waals surface area contributed by atoms with Crippen molar-refractivity contribution in [2.75, 3.05) is 0 Å². The van der Waals surface area contributed by atoms with Crippen molar-refractivity contribution in [2.45, 2.75) is 36.1 Å². The minimum atomic E-state index is -5.18. The number of fused-ring (bicyclic) bond motifs is 1. The number of carboxylic acid groups (broad SMARTS) is 1. The maximum atomic E-state index is 13.1. The number of rotatable bonds is 5. The van der Waals surface area contributed by atoms with E-state index < -0.39 is 50.4 Å². The summed E-state index contributed by atoms with van der Waals surface area (Å²) in [5.41, 5.74) is -1.72. The minimum absolute atomic E-state index is 0.143. The molecule has 1 aliphatic rings. The van der Waals surface area contributed by atoms with Gasteiger partial charge in [-0.3, -0.25) is 0 Å². The molecular formula is C20H15F6NO4S. The molecule has 0 aliphatic heterocycles. The van der Waals surface area contributed by atoms with Crippen LogP contribution in [-0.2, 0) is 33.6 Å². The molecule has 0 fully saturated rings. The van der Waals surface area contributed by atoms with E-state index in [4.69, 9.17) is 5.11 Å². The van der Waals surface area contributed by atoms with Gasteiger partial charge in [0.15, 0.2) is 0 Å². The van der Waals surface area contributed by atoms with Crippen LogP contribution in [0.15, 0.2) is 47.4 Å². The van der Waals surface area contributed by atoms with Gasteiger partial charge in [-0.25, -0.2) is 17.9 Å². The fourth-order valence-corrected chi connectivity index (χ4v) is 4.69. The molecule has 12 heteroatoms. The summed E-state index contributed by atoms with van der Waals surface area (Å²) in [6, 6.07) is 4.00. The molecule has 0 saturated heterocycles. The second-order valence-electron chi connectivity index (χ2n) is 7.08. The monoisotopic (exact) mass is 479 g/mol. The molecule has 1 unspecified atom stereocenters. The number of hydrogen-bond donors (Lipinski definition) is 2. The zero-order chi connectivity index (χ0) is 23.9. The van der Waals surface area contributed by atoms with Crippen LogP contribution in [0.3, 0.4) is 0 Å². The van der Waals surface area contributed by atoms with Gasteiger partial charge in [0.05, 0.1) is 16.0 Å². The Labute approximate surface area is 178 Å². The molecule has 3 rings (SSSR count). The number of halogens is 6. The predicted octanol–water partition coefficient (Wildman–Crippen LogP) is 4.79. The standard InChI is InChI=1S/C20H15F6NO4S/c21-19(22,23)13-8-14(20(24,25)26)10-15(9-13)32(30,31)27-17-5-3-12-7-11(1-4-16(12)17)2-6-18(28)29/h1-2,4,6-10,17,27H,3,5H2,(H,28,29)/b6-2+. The summed E-state index contributed by atoms with van der Waals surface area (Å²) in [5, 5.41) is 8.68. The molecule has 0 bridgehead atoms. The maximum absolute atomic E-state index is 13.1. The summed E-state index contributed by atoms with van der Waals surface area (Å²) in [4.78, 5) is 9.47. The number of alkyl halides is 6. The highest BCUT2D eigenvalue weighted by Gasteiger charge is 2.39. The topological polar surface area (TPSA) is 83.5 Å². The lowest BCUT2D eigenvalue weighted by molar-refractivity contribution is -0.143. The predicted molar refractivity (Wildman–Crippen MR) is 101 cm³/mol. The number of benzene rings is 2. The summed E-state index contributed by atoms with van der Waals surface area (Å²) < 4.78 is 106. The van der Waals surface area contributed by atoms with Crippen molar-refractivity contribution in [3.05, 3.63) is 70.3 Å². The third-order valence-electron chi connectivity index (χ3n) is 4.83. The summed E-state index contributed by atoms with van der Waals surface area (Å²) in [6.07, 6.45) is -7.49. The van der Waals surface area contributed by atoms with E-state index in [1.807, 2.05) is 0 Å². The number of aryl methyl sites for hydroxylation is 1. The first-order valence-corrected chi connectivity index (χ1v) is 10.5. The Bertz CT molecular complexity index is 1150. The van der Waals surface area contributed by atoms with Crippen LogP contribution in [0.2, 0.25) is 0 Å². The molecule has 0 saturated carbocycles. The minimum Gasteiger partial charge on any atom is -0.478 e. The van der Waals surface area contributed by atoms with Crippen LogP contribution >= 0.6 is 0 Å². The maximum Gasteiger partial charge on any atom is 0.416 e. The smallest absolute Gasteiger partial charge is 0.416 e. The first-order valence-electron chi connectivity index (χ1n) is 9.02. The lowest BCUT2D eigenvalue weighted by atomic mass is 10.0. The SMILES string of the molecule is O=C(O)/C=C/c1ccc2c(c1)CCC2NS(=O)(=O)c1cc(C(F)(F)F)cc(C(F)(F)F)c1. The van der Waals surface area contributed by atoms with Gasteiger partial charge in [-0.15, -0.1) is 0 Å². The molecule has 2 N–H and O–H groups in total. The zero-order valence-corrected chi connectivity index (χ0v) is 16.8. The molecule has 0 heterocycles. The van der Waals surface area contributed by atoms with E-state index in [-0.39, 0.29) is 24.6 Å². The molecule has 32 heavy (non-hydrogen) atoms. The third kappa shape index (κ3) is 5.30. The highest BCUT2D eigenvalue weighted by atomic mass is 32.2. The summed E-state index contributed by atoms with van der Waals surface area (Å²) in [7, 11) is -4.73. The average molecular weight is 479 g/mol. The molecule has 172 valence electrons. The summed E-state index contributed by atoms with van der Waals surface area (Å²) >= 11 is 0. The van der Waals surface area contributed by atoms with Crippen LogP contribution in [0.25, 0.3) is 6.08 Å². The van der Waals surface area contributed by atoms with Crippen molar-refractivity contribution in [3.63, 3.8) is 0 Å². The molecule has 0 spiro atoms. The lowest BCUT2D eigenvalue weighted by Gasteiger charge is -2.17.